The number of pyridine rings is 1. The molecule has 0 aliphatic rings. The van der Waals surface area contributed by atoms with Crippen molar-refractivity contribution in [2.75, 3.05) is 0 Å². The fraction of sp³-hybridized carbons (Fsp3) is 0.375. The summed E-state index contributed by atoms with van der Waals surface area (Å²) in [6, 6.07) is 3.22. The number of hydrogen-bond donors (Lipinski definition) is 3. The van der Waals surface area contributed by atoms with Crippen LogP contribution in [0.4, 0.5) is 0 Å². The molecule has 0 aliphatic heterocycles. The minimum atomic E-state index is -0.581. The molecule has 0 aromatic carbocycles. The Morgan fingerprint density at radius 2 is 2.33 bits per heavy atom. The fourth-order valence-electron chi connectivity index (χ4n) is 0.957. The van der Waals surface area contributed by atoms with Crippen molar-refractivity contribution in [1.82, 2.24) is 4.98 Å². The van der Waals surface area contributed by atoms with E-state index in [1.807, 2.05) is 12.1 Å². The van der Waals surface area contributed by atoms with Crippen LogP contribution >= 0.6 is 12.2 Å². The van der Waals surface area contributed by atoms with Crippen LogP contribution in [0.3, 0.4) is 0 Å². The number of H-pyrrole nitrogens is 1. The molecule has 0 radical (unpaired) electrons. The summed E-state index contributed by atoms with van der Waals surface area (Å²) in [5, 5.41) is 9.21. The lowest BCUT2D eigenvalue weighted by Gasteiger charge is -2.14. The molecule has 1 aromatic heterocycles. The van der Waals surface area contributed by atoms with Gasteiger partial charge in [0.2, 0.25) is 0 Å². The highest BCUT2D eigenvalue weighted by Gasteiger charge is 2.12. The number of nitrogens with one attached hydrogen (secondary N) is 1. The molecule has 4 N–H and O–H groups in total. The average molecular weight is 184 g/mol. The van der Waals surface area contributed by atoms with E-state index in [0.717, 1.165) is 5.56 Å². The molecule has 1 aromatic rings. The Bertz CT molecular complexity index is 308. The summed E-state index contributed by atoms with van der Waals surface area (Å²) in [6.45, 7) is 1.65. The predicted octanol–water partition coefficient (Wildman–Crippen LogP) is 1.12. The summed E-state index contributed by atoms with van der Waals surface area (Å²) in [7, 11) is 0. The maximum Gasteiger partial charge on any atom is 0.108 e. The zero-order valence-electron chi connectivity index (χ0n) is 6.82. The minimum Gasteiger partial charge on any atom is -0.391 e. The highest BCUT2D eigenvalue weighted by Crippen LogP contribution is 2.13. The highest BCUT2D eigenvalue weighted by atomic mass is 32.1. The van der Waals surface area contributed by atoms with Gasteiger partial charge in [0.05, 0.1) is 12.1 Å². The zero-order chi connectivity index (χ0) is 9.14. The zero-order valence-corrected chi connectivity index (χ0v) is 7.64. The molecule has 12 heavy (non-hydrogen) atoms. The third kappa shape index (κ3) is 1.91. The maximum atomic E-state index is 9.21. The Balaban J connectivity index is 3.03. The fourth-order valence-corrected chi connectivity index (χ4v) is 1.23. The second-order valence-corrected chi connectivity index (χ2v) is 3.13. The van der Waals surface area contributed by atoms with Crippen molar-refractivity contribution in [1.29, 1.82) is 0 Å². The van der Waals surface area contributed by atoms with Gasteiger partial charge < -0.3 is 15.8 Å². The lowest BCUT2D eigenvalue weighted by Crippen LogP contribution is -2.23. The second kappa shape index (κ2) is 3.80. The Hall–Kier alpha value is -0.710. The largest absolute Gasteiger partial charge is 0.391 e. The van der Waals surface area contributed by atoms with Crippen LogP contribution in [0.25, 0.3) is 0 Å². The number of rotatable bonds is 2. The lowest BCUT2D eigenvalue weighted by molar-refractivity contribution is 0.164. The van der Waals surface area contributed by atoms with E-state index >= 15 is 0 Å². The van der Waals surface area contributed by atoms with Gasteiger partial charge >= 0.3 is 0 Å². The van der Waals surface area contributed by atoms with Crippen molar-refractivity contribution in [3.63, 3.8) is 0 Å². The van der Waals surface area contributed by atoms with Crippen molar-refractivity contribution >= 4 is 12.2 Å². The van der Waals surface area contributed by atoms with Gasteiger partial charge in [-0.3, -0.25) is 0 Å². The van der Waals surface area contributed by atoms with Gasteiger partial charge in [-0.15, -0.1) is 0 Å². The molecule has 0 saturated carbocycles. The molecule has 4 heteroatoms. The lowest BCUT2D eigenvalue weighted by atomic mass is 10.1. The SMILES string of the molecule is C[C@@H](O)[C@H](N)c1ccc[nH]c1=S. The summed E-state index contributed by atoms with van der Waals surface area (Å²) in [4.78, 5) is 2.86. The van der Waals surface area contributed by atoms with Crippen molar-refractivity contribution < 1.29 is 5.11 Å². The summed E-state index contributed by atoms with van der Waals surface area (Å²) < 4.78 is 0.589. The number of hydrogen-bond acceptors (Lipinski definition) is 3. The van der Waals surface area contributed by atoms with E-state index in [4.69, 9.17) is 18.0 Å². The average Bonchev–Trinajstić information content (AvgIpc) is 2.04. The number of aliphatic hydroxyl groups is 1. The molecule has 0 spiro atoms. The van der Waals surface area contributed by atoms with E-state index in [-0.39, 0.29) is 0 Å². The molecule has 3 nitrogen and oxygen atoms in total. The number of aromatic amines is 1. The number of aliphatic hydroxyl groups excluding tert-OH is 1. The molecule has 0 amide bonds. The first kappa shape index (κ1) is 9.38. The Kier molecular flexibility index (Phi) is 2.97. The Morgan fingerprint density at radius 1 is 1.67 bits per heavy atom. The van der Waals surface area contributed by atoms with E-state index in [2.05, 4.69) is 4.98 Å². The van der Waals surface area contributed by atoms with Crippen LogP contribution in [-0.2, 0) is 0 Å². The third-order valence-electron chi connectivity index (χ3n) is 1.73. The van der Waals surface area contributed by atoms with Gasteiger partial charge in [0, 0.05) is 11.8 Å². The summed E-state index contributed by atoms with van der Waals surface area (Å²) >= 11 is 5.00. The topological polar surface area (TPSA) is 62.0 Å². The molecule has 2 atom stereocenters. The molecule has 0 saturated heterocycles. The Morgan fingerprint density at radius 3 is 2.83 bits per heavy atom. The first-order valence-corrected chi connectivity index (χ1v) is 4.15. The van der Waals surface area contributed by atoms with Crippen LogP contribution < -0.4 is 5.73 Å². The normalized spacial score (nSPS) is 15.6. The van der Waals surface area contributed by atoms with Gasteiger partial charge in [-0.25, -0.2) is 0 Å². The number of aromatic nitrogens is 1. The van der Waals surface area contributed by atoms with E-state index in [0.29, 0.717) is 4.64 Å². The summed E-state index contributed by atoms with van der Waals surface area (Å²) in [5.74, 6) is 0. The molecular weight excluding hydrogens is 172 g/mol. The quantitative estimate of drug-likeness (QED) is 0.604. The molecule has 0 bridgehead atoms. The minimum absolute atomic E-state index is 0.407. The maximum absolute atomic E-state index is 9.21. The highest BCUT2D eigenvalue weighted by molar-refractivity contribution is 7.71. The van der Waals surface area contributed by atoms with Crippen molar-refractivity contribution in [3.05, 3.63) is 28.5 Å². The van der Waals surface area contributed by atoms with Crippen LogP contribution in [0, 0.1) is 4.64 Å². The molecule has 66 valence electrons. The third-order valence-corrected chi connectivity index (χ3v) is 2.08. The predicted molar refractivity (Wildman–Crippen MR) is 50.2 cm³/mol. The molecule has 0 fully saturated rings. The van der Waals surface area contributed by atoms with E-state index in [1.54, 1.807) is 13.1 Å². The van der Waals surface area contributed by atoms with E-state index in [1.165, 1.54) is 0 Å². The smallest absolute Gasteiger partial charge is 0.108 e. The van der Waals surface area contributed by atoms with E-state index < -0.39 is 12.1 Å². The molecular formula is C8H12N2OS. The van der Waals surface area contributed by atoms with Gasteiger partial charge in [0.25, 0.3) is 0 Å². The van der Waals surface area contributed by atoms with Crippen LogP contribution in [0.5, 0.6) is 0 Å². The van der Waals surface area contributed by atoms with Gasteiger partial charge in [-0.2, -0.15) is 0 Å². The van der Waals surface area contributed by atoms with Gasteiger partial charge in [-0.1, -0.05) is 18.3 Å². The van der Waals surface area contributed by atoms with Crippen LogP contribution in [0.15, 0.2) is 18.3 Å². The Labute approximate surface area is 76.2 Å². The summed E-state index contributed by atoms with van der Waals surface area (Å²) in [6.07, 6.45) is 1.16. The molecule has 1 rings (SSSR count). The monoisotopic (exact) mass is 184 g/mol. The van der Waals surface area contributed by atoms with Gasteiger partial charge in [0.1, 0.15) is 4.64 Å². The molecule has 0 aliphatic carbocycles. The second-order valence-electron chi connectivity index (χ2n) is 2.72. The van der Waals surface area contributed by atoms with Crippen LogP contribution in [0.2, 0.25) is 0 Å². The number of nitrogens with two attached hydrogens (primary N) is 1. The first-order chi connectivity index (χ1) is 5.63. The van der Waals surface area contributed by atoms with Crippen molar-refractivity contribution in [2.24, 2.45) is 5.73 Å². The van der Waals surface area contributed by atoms with Crippen molar-refractivity contribution in [3.8, 4) is 0 Å². The molecule has 0 unspecified atom stereocenters. The van der Waals surface area contributed by atoms with Gasteiger partial charge in [-0.05, 0) is 13.0 Å². The van der Waals surface area contributed by atoms with Crippen LogP contribution in [0.1, 0.15) is 18.5 Å². The molecule has 1 heterocycles. The van der Waals surface area contributed by atoms with E-state index in [9.17, 15) is 5.11 Å². The van der Waals surface area contributed by atoms with Crippen LogP contribution in [-0.4, -0.2) is 16.2 Å². The standard InChI is InChI=1S/C8H12N2OS/c1-5(11)7(9)6-3-2-4-10-8(6)12/h2-5,7,11H,9H2,1H3,(H,10,12)/t5-,7+/m1/s1. The summed E-state index contributed by atoms with van der Waals surface area (Å²) in [5.41, 5.74) is 6.48. The van der Waals surface area contributed by atoms with Gasteiger partial charge in [0.15, 0.2) is 0 Å². The first-order valence-electron chi connectivity index (χ1n) is 3.74. The van der Waals surface area contributed by atoms with Crippen molar-refractivity contribution in [2.45, 2.75) is 19.1 Å².